The number of hydrogen-bond acceptors (Lipinski definition) is 2. The van der Waals surface area contributed by atoms with Gasteiger partial charge in [0.2, 0.25) is 5.91 Å². The fraction of sp³-hybridized carbons (Fsp3) is 0.533. The van der Waals surface area contributed by atoms with Crippen LogP contribution in [0.3, 0.4) is 0 Å². The van der Waals surface area contributed by atoms with E-state index in [1.54, 1.807) is 11.8 Å². The lowest BCUT2D eigenvalue weighted by atomic mass is 10.0. The number of halogens is 1. The highest BCUT2D eigenvalue weighted by atomic mass is 79.9. The molecule has 0 spiro atoms. The van der Waals surface area contributed by atoms with E-state index in [2.05, 4.69) is 54.2 Å². The zero-order valence-electron chi connectivity index (χ0n) is 12.3. The van der Waals surface area contributed by atoms with Gasteiger partial charge < -0.3 is 5.32 Å². The fourth-order valence-electron chi connectivity index (χ4n) is 1.56. The first-order chi connectivity index (χ1) is 8.75. The normalized spacial score (nSPS) is 11.5. The maximum atomic E-state index is 11.9. The molecular formula is C15H22BrNOS. The third-order valence-electron chi connectivity index (χ3n) is 3.18. The van der Waals surface area contributed by atoms with Gasteiger partial charge >= 0.3 is 0 Å². The smallest absolute Gasteiger partial charge is 0.230 e. The van der Waals surface area contributed by atoms with Crippen LogP contribution >= 0.6 is 27.7 Å². The van der Waals surface area contributed by atoms with E-state index in [0.29, 0.717) is 5.75 Å². The van der Waals surface area contributed by atoms with Crippen LogP contribution in [-0.4, -0.2) is 17.2 Å². The Bertz CT molecular complexity index is 471. The van der Waals surface area contributed by atoms with Gasteiger partial charge in [0.15, 0.2) is 0 Å². The molecule has 1 N–H and O–H groups in total. The van der Waals surface area contributed by atoms with Gasteiger partial charge in [-0.3, -0.25) is 4.79 Å². The van der Waals surface area contributed by atoms with Crippen molar-refractivity contribution in [2.45, 2.75) is 51.5 Å². The molecule has 0 aliphatic rings. The van der Waals surface area contributed by atoms with Gasteiger partial charge in [-0.25, -0.2) is 0 Å². The van der Waals surface area contributed by atoms with Crippen molar-refractivity contribution >= 4 is 33.6 Å². The van der Waals surface area contributed by atoms with Gasteiger partial charge in [0.05, 0.1) is 5.75 Å². The molecule has 0 saturated carbocycles. The van der Waals surface area contributed by atoms with Crippen molar-refractivity contribution in [3.63, 3.8) is 0 Å². The largest absolute Gasteiger partial charge is 0.351 e. The first kappa shape index (κ1) is 16.6. The first-order valence-corrected chi connectivity index (χ1v) is 8.23. The summed E-state index contributed by atoms with van der Waals surface area (Å²) in [5.74, 6) is 0.558. The molecule has 106 valence electrons. The lowest BCUT2D eigenvalue weighted by Gasteiger charge is -2.24. The summed E-state index contributed by atoms with van der Waals surface area (Å²) in [4.78, 5) is 13.1. The molecule has 1 amide bonds. The number of rotatable bonds is 5. The fourth-order valence-corrected chi connectivity index (χ4v) is 2.92. The van der Waals surface area contributed by atoms with Crippen LogP contribution < -0.4 is 5.32 Å². The Labute approximate surface area is 128 Å². The molecule has 1 aromatic rings. The van der Waals surface area contributed by atoms with E-state index in [0.717, 1.165) is 10.9 Å². The van der Waals surface area contributed by atoms with Crippen LogP contribution in [0.4, 0.5) is 0 Å². The van der Waals surface area contributed by atoms with Gasteiger partial charge in [0.25, 0.3) is 0 Å². The molecule has 0 radical (unpaired) electrons. The molecule has 2 nitrogen and oxygen atoms in total. The molecule has 0 atom stereocenters. The number of nitrogens with one attached hydrogen (secondary N) is 1. The van der Waals surface area contributed by atoms with Crippen LogP contribution in [0.2, 0.25) is 0 Å². The maximum absolute atomic E-state index is 11.9. The summed E-state index contributed by atoms with van der Waals surface area (Å²) in [5, 5.41) is 3.05. The number of amides is 1. The molecule has 0 aliphatic heterocycles. The van der Waals surface area contributed by atoms with Gasteiger partial charge in [-0.1, -0.05) is 22.9 Å². The SMILES string of the molecule is CCC(C)(C)NC(=O)CSc1cc(C)c(Br)cc1C. The Morgan fingerprint density at radius 2 is 1.95 bits per heavy atom. The molecule has 19 heavy (non-hydrogen) atoms. The highest BCUT2D eigenvalue weighted by Gasteiger charge is 2.17. The number of benzene rings is 1. The maximum Gasteiger partial charge on any atom is 0.230 e. The summed E-state index contributed by atoms with van der Waals surface area (Å²) < 4.78 is 1.12. The Morgan fingerprint density at radius 1 is 1.32 bits per heavy atom. The van der Waals surface area contributed by atoms with Crippen LogP contribution in [0.25, 0.3) is 0 Å². The van der Waals surface area contributed by atoms with Crippen molar-refractivity contribution in [3.05, 3.63) is 27.7 Å². The number of hydrogen-bond donors (Lipinski definition) is 1. The number of aryl methyl sites for hydroxylation is 2. The van der Waals surface area contributed by atoms with Crippen LogP contribution in [0.5, 0.6) is 0 Å². The molecular weight excluding hydrogens is 322 g/mol. The van der Waals surface area contributed by atoms with Gasteiger partial charge in [0.1, 0.15) is 0 Å². The third kappa shape index (κ3) is 5.19. The minimum absolute atomic E-state index is 0.0943. The summed E-state index contributed by atoms with van der Waals surface area (Å²) in [6.07, 6.45) is 0.930. The van der Waals surface area contributed by atoms with E-state index in [-0.39, 0.29) is 11.4 Å². The molecule has 4 heteroatoms. The highest BCUT2D eigenvalue weighted by molar-refractivity contribution is 9.10. The zero-order valence-corrected chi connectivity index (χ0v) is 14.7. The molecule has 1 rings (SSSR count). The first-order valence-electron chi connectivity index (χ1n) is 6.45. The van der Waals surface area contributed by atoms with Gasteiger partial charge in [0, 0.05) is 14.9 Å². The Hall–Kier alpha value is -0.480. The lowest BCUT2D eigenvalue weighted by molar-refractivity contribution is -0.120. The zero-order chi connectivity index (χ0) is 14.6. The topological polar surface area (TPSA) is 29.1 Å². The van der Waals surface area contributed by atoms with E-state index < -0.39 is 0 Å². The highest BCUT2D eigenvalue weighted by Crippen LogP contribution is 2.28. The molecule has 0 aromatic heterocycles. The lowest BCUT2D eigenvalue weighted by Crippen LogP contribution is -2.43. The summed E-state index contributed by atoms with van der Waals surface area (Å²) in [5.41, 5.74) is 2.27. The van der Waals surface area contributed by atoms with Gasteiger partial charge in [-0.15, -0.1) is 11.8 Å². The summed E-state index contributed by atoms with van der Waals surface area (Å²) in [7, 11) is 0. The molecule has 0 unspecified atom stereocenters. The molecule has 0 bridgehead atoms. The molecule has 1 aromatic carbocycles. The quantitative estimate of drug-likeness (QED) is 0.799. The van der Waals surface area contributed by atoms with Crippen molar-refractivity contribution < 1.29 is 4.79 Å². The Kier molecular flexibility index (Phi) is 5.93. The Morgan fingerprint density at radius 3 is 2.53 bits per heavy atom. The second-order valence-corrected chi connectivity index (χ2v) is 7.31. The van der Waals surface area contributed by atoms with E-state index in [1.807, 2.05) is 13.8 Å². The van der Waals surface area contributed by atoms with E-state index in [9.17, 15) is 4.79 Å². The van der Waals surface area contributed by atoms with Crippen LogP contribution in [0, 0.1) is 13.8 Å². The summed E-state index contributed by atoms with van der Waals surface area (Å²) in [6.45, 7) is 10.3. The van der Waals surface area contributed by atoms with Crippen LogP contribution in [0.15, 0.2) is 21.5 Å². The van der Waals surface area contributed by atoms with Crippen LogP contribution in [-0.2, 0) is 4.79 Å². The number of thioether (sulfide) groups is 1. The van der Waals surface area contributed by atoms with Crippen LogP contribution in [0.1, 0.15) is 38.3 Å². The second-order valence-electron chi connectivity index (χ2n) is 5.44. The standard InChI is InChI=1S/C15H22BrNOS/c1-6-15(4,5)17-14(18)9-19-13-8-10(2)12(16)7-11(13)3/h7-8H,6,9H2,1-5H3,(H,17,18). The van der Waals surface area contributed by atoms with E-state index >= 15 is 0 Å². The molecule has 0 fully saturated rings. The second kappa shape index (κ2) is 6.80. The minimum atomic E-state index is -0.123. The van der Waals surface area contributed by atoms with Crippen molar-refractivity contribution in [2.24, 2.45) is 0 Å². The number of carbonyl (C=O) groups excluding carboxylic acids is 1. The molecule has 0 aliphatic carbocycles. The van der Waals surface area contributed by atoms with Crippen molar-refractivity contribution in [1.29, 1.82) is 0 Å². The van der Waals surface area contributed by atoms with Crippen molar-refractivity contribution in [1.82, 2.24) is 5.32 Å². The van der Waals surface area contributed by atoms with Gasteiger partial charge in [-0.05, 0) is 57.4 Å². The third-order valence-corrected chi connectivity index (χ3v) is 5.19. The predicted molar refractivity (Wildman–Crippen MR) is 86.9 cm³/mol. The summed E-state index contributed by atoms with van der Waals surface area (Å²) in [6, 6.07) is 4.23. The van der Waals surface area contributed by atoms with E-state index in [4.69, 9.17) is 0 Å². The predicted octanol–water partition coefficient (Wildman–Crippen LogP) is 4.46. The molecule has 0 heterocycles. The average molecular weight is 344 g/mol. The van der Waals surface area contributed by atoms with Crippen molar-refractivity contribution in [2.75, 3.05) is 5.75 Å². The minimum Gasteiger partial charge on any atom is -0.351 e. The van der Waals surface area contributed by atoms with E-state index in [1.165, 1.54) is 16.0 Å². The Balaban J connectivity index is 2.63. The van der Waals surface area contributed by atoms with Crippen molar-refractivity contribution in [3.8, 4) is 0 Å². The summed E-state index contributed by atoms with van der Waals surface area (Å²) >= 11 is 5.12. The average Bonchev–Trinajstić information content (AvgIpc) is 2.31. The number of carbonyl (C=O) groups is 1. The molecule has 0 saturated heterocycles. The monoisotopic (exact) mass is 343 g/mol. The van der Waals surface area contributed by atoms with Gasteiger partial charge in [-0.2, -0.15) is 0 Å².